The maximum atomic E-state index is 12.5. The molecule has 0 radical (unpaired) electrons. The minimum absolute atomic E-state index is 0.0688. The van der Waals surface area contributed by atoms with Crippen molar-refractivity contribution < 1.29 is 4.79 Å². The minimum Gasteiger partial charge on any atom is -0.350 e. The lowest BCUT2D eigenvalue weighted by molar-refractivity contribution is 0.0929. The molecule has 0 aliphatic heterocycles. The Morgan fingerprint density at radius 1 is 1.21 bits per heavy atom. The van der Waals surface area contributed by atoms with Gasteiger partial charge in [-0.05, 0) is 25.0 Å². The zero-order valence-corrected chi connectivity index (χ0v) is 11.4. The molecule has 0 bridgehead atoms. The highest BCUT2D eigenvalue weighted by Gasteiger charge is 2.18. The fraction of sp³-hybridized carbons (Fsp3) is 0.438. The molecule has 1 aliphatic carbocycles. The molecule has 1 fully saturated rings. The monoisotopic (exact) mass is 256 g/mol. The minimum atomic E-state index is 0.0688. The molecule has 0 unspecified atom stereocenters. The summed E-state index contributed by atoms with van der Waals surface area (Å²) in [6.45, 7) is 0. The highest BCUT2D eigenvalue weighted by Crippen LogP contribution is 2.21. The summed E-state index contributed by atoms with van der Waals surface area (Å²) < 4.78 is 2.02. The van der Waals surface area contributed by atoms with Crippen LogP contribution in [0.2, 0.25) is 0 Å². The number of aromatic nitrogens is 1. The number of carbonyl (C=O) groups excluding carboxylic acids is 1. The summed E-state index contributed by atoms with van der Waals surface area (Å²) in [6, 6.07) is 8.33. The van der Waals surface area contributed by atoms with Gasteiger partial charge in [-0.15, -0.1) is 0 Å². The Labute approximate surface area is 113 Å². The molecule has 3 nitrogen and oxygen atoms in total. The van der Waals surface area contributed by atoms with Gasteiger partial charge in [0, 0.05) is 24.7 Å². The first kappa shape index (κ1) is 12.3. The van der Waals surface area contributed by atoms with E-state index in [0.29, 0.717) is 6.04 Å². The third-order valence-electron chi connectivity index (χ3n) is 4.08. The SMILES string of the molecule is Cn1ccc2cccc(C(=O)NC3CCCCC3)c21. The molecule has 100 valence electrons. The Hall–Kier alpha value is -1.77. The quantitative estimate of drug-likeness (QED) is 0.879. The van der Waals surface area contributed by atoms with Crippen LogP contribution < -0.4 is 5.32 Å². The van der Waals surface area contributed by atoms with Gasteiger partial charge in [-0.2, -0.15) is 0 Å². The van der Waals surface area contributed by atoms with Crippen molar-refractivity contribution in [3.63, 3.8) is 0 Å². The number of benzene rings is 1. The predicted octanol–water partition coefficient (Wildman–Crippen LogP) is 3.24. The van der Waals surface area contributed by atoms with Gasteiger partial charge in [0.2, 0.25) is 0 Å². The highest BCUT2D eigenvalue weighted by molar-refractivity contribution is 6.06. The molecular formula is C16H20N2O. The van der Waals surface area contributed by atoms with Gasteiger partial charge in [-0.25, -0.2) is 0 Å². The second-order valence-corrected chi connectivity index (χ2v) is 5.48. The fourth-order valence-electron chi connectivity index (χ4n) is 3.05. The summed E-state index contributed by atoms with van der Waals surface area (Å²) in [5, 5.41) is 4.32. The van der Waals surface area contributed by atoms with Gasteiger partial charge >= 0.3 is 0 Å². The van der Waals surface area contributed by atoms with Gasteiger partial charge < -0.3 is 9.88 Å². The molecule has 1 heterocycles. The number of rotatable bonds is 2. The molecule has 1 N–H and O–H groups in total. The van der Waals surface area contributed by atoms with Crippen LogP contribution >= 0.6 is 0 Å². The van der Waals surface area contributed by atoms with Crippen molar-refractivity contribution >= 4 is 16.8 Å². The Morgan fingerprint density at radius 3 is 2.79 bits per heavy atom. The summed E-state index contributed by atoms with van der Waals surface area (Å²) in [4.78, 5) is 12.5. The Bertz CT molecular complexity index is 594. The predicted molar refractivity (Wildman–Crippen MR) is 77.3 cm³/mol. The smallest absolute Gasteiger partial charge is 0.253 e. The molecule has 1 aromatic heterocycles. The maximum absolute atomic E-state index is 12.5. The van der Waals surface area contributed by atoms with Crippen LogP contribution in [0.5, 0.6) is 0 Å². The van der Waals surface area contributed by atoms with E-state index in [1.54, 1.807) is 0 Å². The number of nitrogens with one attached hydrogen (secondary N) is 1. The lowest BCUT2D eigenvalue weighted by atomic mass is 9.95. The van der Waals surface area contributed by atoms with Crippen LogP contribution in [-0.2, 0) is 7.05 Å². The molecule has 3 rings (SSSR count). The van der Waals surface area contributed by atoms with Gasteiger partial charge in [-0.3, -0.25) is 4.79 Å². The largest absolute Gasteiger partial charge is 0.350 e. The summed E-state index contributed by atoms with van der Waals surface area (Å²) in [6.07, 6.45) is 8.02. The molecule has 19 heavy (non-hydrogen) atoms. The second kappa shape index (κ2) is 5.08. The van der Waals surface area contributed by atoms with Crippen LogP contribution in [0.15, 0.2) is 30.5 Å². The van der Waals surface area contributed by atoms with E-state index >= 15 is 0 Å². The molecule has 2 aromatic rings. The van der Waals surface area contributed by atoms with E-state index in [-0.39, 0.29) is 5.91 Å². The number of nitrogens with zero attached hydrogens (tertiary/aromatic N) is 1. The van der Waals surface area contributed by atoms with E-state index < -0.39 is 0 Å². The van der Waals surface area contributed by atoms with E-state index in [4.69, 9.17) is 0 Å². The van der Waals surface area contributed by atoms with Gasteiger partial charge in [0.05, 0.1) is 11.1 Å². The standard InChI is InChI=1S/C16H20N2O/c1-18-11-10-12-6-5-9-14(15(12)18)16(19)17-13-7-3-2-4-8-13/h5-6,9-11,13H,2-4,7-8H2,1H3,(H,17,19). The molecule has 1 saturated carbocycles. The van der Waals surface area contributed by atoms with Crippen molar-refractivity contribution in [1.82, 2.24) is 9.88 Å². The average Bonchev–Trinajstić information content (AvgIpc) is 2.82. The van der Waals surface area contributed by atoms with E-state index in [1.165, 1.54) is 19.3 Å². The number of hydrogen-bond acceptors (Lipinski definition) is 1. The van der Waals surface area contributed by atoms with E-state index in [1.807, 2.05) is 42.1 Å². The lowest BCUT2D eigenvalue weighted by Gasteiger charge is -2.23. The molecule has 0 atom stereocenters. The van der Waals surface area contributed by atoms with Crippen LogP contribution in [0.1, 0.15) is 42.5 Å². The van der Waals surface area contributed by atoms with Gasteiger partial charge in [-0.1, -0.05) is 31.4 Å². The van der Waals surface area contributed by atoms with Crippen molar-refractivity contribution in [1.29, 1.82) is 0 Å². The van der Waals surface area contributed by atoms with Gasteiger partial charge in [0.15, 0.2) is 0 Å². The van der Waals surface area contributed by atoms with Crippen LogP contribution in [-0.4, -0.2) is 16.5 Å². The number of hydrogen-bond donors (Lipinski definition) is 1. The normalized spacial score (nSPS) is 16.7. The van der Waals surface area contributed by atoms with Crippen LogP contribution in [0.25, 0.3) is 10.9 Å². The highest BCUT2D eigenvalue weighted by atomic mass is 16.1. The molecule has 1 aliphatic rings. The number of amides is 1. The molecule has 1 amide bonds. The number of aryl methyl sites for hydroxylation is 1. The average molecular weight is 256 g/mol. The number of carbonyl (C=O) groups is 1. The van der Waals surface area contributed by atoms with E-state index in [0.717, 1.165) is 29.3 Å². The number of fused-ring (bicyclic) bond motifs is 1. The lowest BCUT2D eigenvalue weighted by Crippen LogP contribution is -2.36. The van der Waals surface area contributed by atoms with Crippen molar-refractivity contribution in [2.75, 3.05) is 0 Å². The first-order valence-corrected chi connectivity index (χ1v) is 7.10. The van der Waals surface area contributed by atoms with Crippen molar-refractivity contribution in [3.8, 4) is 0 Å². The third-order valence-corrected chi connectivity index (χ3v) is 4.08. The first-order chi connectivity index (χ1) is 9.25. The Balaban J connectivity index is 1.86. The summed E-state index contributed by atoms with van der Waals surface area (Å²) in [5.74, 6) is 0.0688. The molecule has 3 heteroatoms. The summed E-state index contributed by atoms with van der Waals surface area (Å²) in [7, 11) is 1.99. The van der Waals surface area contributed by atoms with E-state index in [2.05, 4.69) is 5.32 Å². The molecule has 1 aromatic carbocycles. The Kier molecular flexibility index (Phi) is 3.28. The van der Waals surface area contributed by atoms with E-state index in [9.17, 15) is 4.79 Å². The zero-order chi connectivity index (χ0) is 13.2. The van der Waals surface area contributed by atoms with Crippen molar-refractivity contribution in [3.05, 3.63) is 36.0 Å². The first-order valence-electron chi connectivity index (χ1n) is 7.10. The van der Waals surface area contributed by atoms with Gasteiger partial charge in [0.25, 0.3) is 5.91 Å². The number of para-hydroxylation sites is 1. The van der Waals surface area contributed by atoms with Crippen LogP contribution in [0.4, 0.5) is 0 Å². The van der Waals surface area contributed by atoms with Gasteiger partial charge in [0.1, 0.15) is 0 Å². The second-order valence-electron chi connectivity index (χ2n) is 5.48. The molecular weight excluding hydrogens is 236 g/mol. The summed E-state index contributed by atoms with van der Waals surface area (Å²) in [5.41, 5.74) is 1.81. The zero-order valence-electron chi connectivity index (χ0n) is 11.4. The Morgan fingerprint density at radius 2 is 2.00 bits per heavy atom. The van der Waals surface area contributed by atoms with Crippen LogP contribution in [0, 0.1) is 0 Å². The maximum Gasteiger partial charge on any atom is 0.253 e. The molecule has 0 spiro atoms. The summed E-state index contributed by atoms with van der Waals surface area (Å²) >= 11 is 0. The van der Waals surface area contributed by atoms with Crippen molar-refractivity contribution in [2.45, 2.75) is 38.1 Å². The van der Waals surface area contributed by atoms with Crippen molar-refractivity contribution in [2.24, 2.45) is 7.05 Å². The topological polar surface area (TPSA) is 34.0 Å². The molecule has 0 saturated heterocycles. The fourth-order valence-corrected chi connectivity index (χ4v) is 3.05. The van der Waals surface area contributed by atoms with Crippen LogP contribution in [0.3, 0.4) is 0 Å². The third kappa shape index (κ3) is 2.37.